The monoisotopic (exact) mass is 541 g/mol. The van der Waals surface area contributed by atoms with Crippen molar-refractivity contribution in [1.29, 1.82) is 0 Å². The summed E-state index contributed by atoms with van der Waals surface area (Å²) in [4.78, 5) is 39.8. The normalized spacial score (nSPS) is 14.9. The zero-order chi connectivity index (χ0) is 25.9. The number of carbonyl (C=O) groups excluding carboxylic acids is 3. The molecule has 0 aliphatic carbocycles. The van der Waals surface area contributed by atoms with Crippen LogP contribution in [-0.2, 0) is 4.79 Å². The van der Waals surface area contributed by atoms with Crippen LogP contribution < -0.4 is 20.1 Å². The van der Waals surface area contributed by atoms with Gasteiger partial charge in [-0.25, -0.2) is 0 Å². The summed E-state index contributed by atoms with van der Waals surface area (Å²) in [5.41, 5.74) is 2.17. The summed E-state index contributed by atoms with van der Waals surface area (Å²) in [6.45, 7) is 3.06. The molecule has 192 valence electrons. The maximum absolute atomic E-state index is 12.9. The Balaban J connectivity index is 1.11. The number of fused-ring (bicyclic) bond motifs is 1. The molecule has 37 heavy (non-hydrogen) atoms. The molecule has 0 bridgehead atoms. The molecule has 2 aliphatic rings. The lowest BCUT2D eigenvalue weighted by Gasteiger charge is -2.31. The number of aromatic nitrogens is 2. The van der Waals surface area contributed by atoms with E-state index in [-0.39, 0.29) is 34.5 Å². The lowest BCUT2D eigenvalue weighted by Crippen LogP contribution is -2.39. The molecule has 0 spiro atoms. The van der Waals surface area contributed by atoms with Crippen molar-refractivity contribution >= 4 is 52.0 Å². The van der Waals surface area contributed by atoms with Gasteiger partial charge in [-0.3, -0.25) is 14.4 Å². The second kappa shape index (κ2) is 10.7. The Kier molecular flexibility index (Phi) is 7.24. The highest BCUT2D eigenvalue weighted by molar-refractivity contribution is 7.15. The molecule has 1 aromatic heterocycles. The highest BCUT2D eigenvalue weighted by atomic mass is 35.5. The molecular formula is C25H24ClN5O5S. The average Bonchev–Trinajstić information content (AvgIpc) is 3.56. The van der Waals surface area contributed by atoms with Crippen molar-refractivity contribution in [3.05, 3.63) is 57.0 Å². The summed E-state index contributed by atoms with van der Waals surface area (Å²) in [7, 11) is 0. The molecule has 3 heterocycles. The van der Waals surface area contributed by atoms with Gasteiger partial charge in [0.15, 0.2) is 11.5 Å². The minimum absolute atomic E-state index is 0.0719. The number of hydrogen-bond acceptors (Lipinski definition) is 8. The summed E-state index contributed by atoms with van der Waals surface area (Å²) in [6, 6.07) is 10.4. The Labute approximate surface area is 221 Å². The summed E-state index contributed by atoms with van der Waals surface area (Å²) in [6.07, 6.45) is 1.77. The molecule has 10 nitrogen and oxygen atoms in total. The van der Waals surface area contributed by atoms with Gasteiger partial charge in [0, 0.05) is 42.0 Å². The first-order valence-corrected chi connectivity index (χ1v) is 12.9. The van der Waals surface area contributed by atoms with Crippen LogP contribution in [0.2, 0.25) is 5.02 Å². The van der Waals surface area contributed by atoms with Gasteiger partial charge in [0.05, 0.1) is 0 Å². The average molecular weight is 542 g/mol. The Morgan fingerprint density at radius 1 is 1.03 bits per heavy atom. The Morgan fingerprint density at radius 2 is 1.78 bits per heavy atom. The van der Waals surface area contributed by atoms with Crippen LogP contribution in [0.4, 0.5) is 11.4 Å². The van der Waals surface area contributed by atoms with Crippen molar-refractivity contribution in [2.24, 2.45) is 5.92 Å². The third-order valence-electron chi connectivity index (χ3n) is 6.28. The van der Waals surface area contributed by atoms with Gasteiger partial charge in [0.1, 0.15) is 0 Å². The van der Waals surface area contributed by atoms with Gasteiger partial charge < -0.3 is 25.0 Å². The molecule has 0 saturated carbocycles. The van der Waals surface area contributed by atoms with Crippen molar-refractivity contribution < 1.29 is 23.9 Å². The zero-order valence-electron chi connectivity index (χ0n) is 20.0. The van der Waals surface area contributed by atoms with E-state index in [9.17, 15) is 14.4 Å². The van der Waals surface area contributed by atoms with E-state index in [1.54, 1.807) is 35.2 Å². The van der Waals surface area contributed by atoms with Gasteiger partial charge in [-0.15, -0.1) is 10.2 Å². The number of rotatable bonds is 6. The van der Waals surface area contributed by atoms with E-state index in [0.29, 0.717) is 60.2 Å². The molecule has 2 N–H and O–H groups in total. The summed E-state index contributed by atoms with van der Waals surface area (Å²) < 4.78 is 10.6. The number of hydrogen-bond donors (Lipinski definition) is 2. The van der Waals surface area contributed by atoms with Crippen molar-refractivity contribution in [2.45, 2.75) is 26.2 Å². The van der Waals surface area contributed by atoms with Crippen LogP contribution in [-0.4, -0.2) is 52.7 Å². The van der Waals surface area contributed by atoms with Gasteiger partial charge in [-0.1, -0.05) is 29.0 Å². The number of anilines is 2. The van der Waals surface area contributed by atoms with E-state index in [0.717, 1.165) is 16.9 Å². The van der Waals surface area contributed by atoms with Gasteiger partial charge in [-0.05, 0) is 55.5 Å². The molecular weight excluding hydrogens is 518 g/mol. The predicted octanol–water partition coefficient (Wildman–Crippen LogP) is 4.36. The number of benzene rings is 2. The molecule has 1 fully saturated rings. The number of carbonyl (C=O) groups is 3. The number of aryl methyl sites for hydroxylation is 1. The van der Waals surface area contributed by atoms with E-state index >= 15 is 0 Å². The van der Waals surface area contributed by atoms with Crippen LogP contribution in [0.5, 0.6) is 11.5 Å². The summed E-state index contributed by atoms with van der Waals surface area (Å²) in [5, 5.41) is 14.3. The van der Waals surface area contributed by atoms with E-state index in [4.69, 9.17) is 21.1 Å². The molecule has 3 aromatic rings. The molecule has 5 rings (SSSR count). The summed E-state index contributed by atoms with van der Waals surface area (Å²) in [5.74, 6) is 0.527. The first-order chi connectivity index (χ1) is 17.9. The third kappa shape index (κ3) is 5.83. The predicted molar refractivity (Wildman–Crippen MR) is 138 cm³/mol. The first kappa shape index (κ1) is 25.0. The molecule has 1 saturated heterocycles. The number of amides is 3. The van der Waals surface area contributed by atoms with Crippen molar-refractivity contribution in [1.82, 2.24) is 15.1 Å². The second-order valence-corrected chi connectivity index (χ2v) is 10.3. The van der Waals surface area contributed by atoms with Gasteiger partial charge in [0.25, 0.3) is 11.8 Å². The molecule has 3 amide bonds. The molecule has 0 atom stereocenters. The van der Waals surface area contributed by atoms with E-state index in [1.807, 2.05) is 13.0 Å². The number of piperidine rings is 1. The summed E-state index contributed by atoms with van der Waals surface area (Å²) >= 11 is 6.98. The largest absolute Gasteiger partial charge is 0.454 e. The number of likely N-dealkylation sites (tertiary alicyclic amines) is 1. The Morgan fingerprint density at radius 3 is 2.59 bits per heavy atom. The van der Waals surface area contributed by atoms with Crippen molar-refractivity contribution in [3.8, 4) is 11.5 Å². The molecule has 0 radical (unpaired) electrons. The Hall–Kier alpha value is -3.70. The minimum Gasteiger partial charge on any atom is -0.454 e. The number of nitrogens with one attached hydrogen (secondary N) is 2. The zero-order valence-corrected chi connectivity index (χ0v) is 21.5. The fourth-order valence-electron chi connectivity index (χ4n) is 4.23. The standard InChI is InChI=1S/C25H24ClN5O5S/c1-14-2-3-16(26)11-18(14)28-21(32)10-15-6-8-31(9-7-15)25(34)24-30-29-23(37-24)22(33)27-17-4-5-19-20(12-17)36-13-35-19/h2-5,11-12,15H,6-10,13H2,1H3,(H,27,33)(H,28,32). The maximum Gasteiger partial charge on any atom is 0.286 e. The van der Waals surface area contributed by atoms with E-state index < -0.39 is 5.91 Å². The van der Waals surface area contributed by atoms with Gasteiger partial charge in [-0.2, -0.15) is 0 Å². The fourth-order valence-corrected chi connectivity index (χ4v) is 5.11. The molecule has 2 aromatic carbocycles. The first-order valence-electron chi connectivity index (χ1n) is 11.8. The molecule has 0 unspecified atom stereocenters. The highest BCUT2D eigenvalue weighted by Gasteiger charge is 2.28. The van der Waals surface area contributed by atoms with Crippen molar-refractivity contribution in [2.75, 3.05) is 30.5 Å². The smallest absolute Gasteiger partial charge is 0.286 e. The van der Waals surface area contributed by atoms with Crippen LogP contribution in [0, 0.1) is 12.8 Å². The van der Waals surface area contributed by atoms with E-state index in [2.05, 4.69) is 20.8 Å². The second-order valence-electron chi connectivity index (χ2n) is 8.88. The van der Waals surface area contributed by atoms with Gasteiger partial charge in [0.2, 0.25) is 22.7 Å². The maximum atomic E-state index is 12.9. The van der Waals surface area contributed by atoms with Crippen LogP contribution in [0.15, 0.2) is 36.4 Å². The van der Waals surface area contributed by atoms with Crippen LogP contribution in [0.1, 0.15) is 44.4 Å². The van der Waals surface area contributed by atoms with Crippen LogP contribution in [0.3, 0.4) is 0 Å². The third-order valence-corrected chi connectivity index (χ3v) is 7.43. The number of nitrogens with zero attached hydrogens (tertiary/aromatic N) is 3. The fraction of sp³-hybridized carbons (Fsp3) is 0.320. The number of ether oxygens (including phenoxy) is 2. The lowest BCUT2D eigenvalue weighted by molar-refractivity contribution is -0.117. The minimum atomic E-state index is -0.463. The lowest BCUT2D eigenvalue weighted by atomic mass is 9.93. The highest BCUT2D eigenvalue weighted by Crippen LogP contribution is 2.34. The Bertz CT molecular complexity index is 1350. The van der Waals surface area contributed by atoms with Crippen molar-refractivity contribution in [3.63, 3.8) is 0 Å². The van der Waals surface area contributed by atoms with Crippen LogP contribution in [0.25, 0.3) is 0 Å². The quantitative estimate of drug-likeness (QED) is 0.475. The number of halogens is 1. The topological polar surface area (TPSA) is 123 Å². The van der Waals surface area contributed by atoms with Crippen LogP contribution >= 0.6 is 22.9 Å². The molecule has 2 aliphatic heterocycles. The van der Waals surface area contributed by atoms with Gasteiger partial charge >= 0.3 is 0 Å². The molecule has 12 heteroatoms. The SMILES string of the molecule is Cc1ccc(Cl)cc1NC(=O)CC1CCN(C(=O)c2nnc(C(=O)Nc3ccc4c(c3)OCO4)s2)CC1. The van der Waals surface area contributed by atoms with E-state index in [1.165, 1.54) is 0 Å².